The van der Waals surface area contributed by atoms with Crippen molar-refractivity contribution in [2.75, 3.05) is 13.2 Å². The zero-order valence-corrected chi connectivity index (χ0v) is 38.1. The van der Waals surface area contributed by atoms with E-state index < -0.39 is 6.10 Å². The van der Waals surface area contributed by atoms with E-state index >= 15 is 0 Å². The van der Waals surface area contributed by atoms with Crippen LogP contribution in [0.4, 0.5) is 0 Å². The number of hydrogen-bond donors (Lipinski definition) is 0. The van der Waals surface area contributed by atoms with Gasteiger partial charge in [0.05, 0.1) is 0 Å². The van der Waals surface area contributed by atoms with Gasteiger partial charge < -0.3 is 14.2 Å². The lowest BCUT2D eigenvalue weighted by Crippen LogP contribution is -2.30. The van der Waals surface area contributed by atoms with E-state index in [9.17, 15) is 14.4 Å². The lowest BCUT2D eigenvalue weighted by molar-refractivity contribution is -0.167. The molecule has 1 atom stereocenters. The second-order valence-corrected chi connectivity index (χ2v) is 17.6. The summed E-state index contributed by atoms with van der Waals surface area (Å²) in [5, 5.41) is 0. The predicted molar refractivity (Wildman–Crippen MR) is 238 cm³/mol. The Bertz CT molecular complexity index is 841. The highest BCUT2D eigenvalue weighted by molar-refractivity contribution is 5.71. The lowest BCUT2D eigenvalue weighted by atomic mass is 10.0. The van der Waals surface area contributed by atoms with Crippen molar-refractivity contribution >= 4 is 17.9 Å². The molecule has 0 aliphatic rings. The van der Waals surface area contributed by atoms with Crippen LogP contribution < -0.4 is 0 Å². The molecule has 6 nitrogen and oxygen atoms in total. The third-order valence-electron chi connectivity index (χ3n) is 11.3. The van der Waals surface area contributed by atoms with E-state index in [2.05, 4.69) is 27.7 Å². The minimum atomic E-state index is -0.758. The van der Waals surface area contributed by atoms with E-state index in [1.165, 1.54) is 167 Å². The van der Waals surface area contributed by atoms with Crippen LogP contribution in [0.5, 0.6) is 0 Å². The maximum atomic E-state index is 12.6. The maximum Gasteiger partial charge on any atom is 0.306 e. The topological polar surface area (TPSA) is 78.9 Å². The zero-order chi connectivity index (χ0) is 41.0. The average Bonchev–Trinajstić information content (AvgIpc) is 3.18. The van der Waals surface area contributed by atoms with Crippen LogP contribution in [0, 0.1) is 5.92 Å². The van der Waals surface area contributed by atoms with Crippen LogP contribution >= 0.6 is 0 Å². The molecule has 0 fully saturated rings. The first kappa shape index (κ1) is 54.4. The molecule has 56 heavy (non-hydrogen) atoms. The quantitative estimate of drug-likeness (QED) is 0.0347. The minimum Gasteiger partial charge on any atom is -0.462 e. The van der Waals surface area contributed by atoms with Gasteiger partial charge in [0, 0.05) is 19.3 Å². The Hall–Kier alpha value is -1.59. The van der Waals surface area contributed by atoms with Gasteiger partial charge in [0.2, 0.25) is 0 Å². The largest absolute Gasteiger partial charge is 0.462 e. The monoisotopic (exact) mass is 793 g/mol. The van der Waals surface area contributed by atoms with Gasteiger partial charge in [-0.3, -0.25) is 14.4 Å². The predicted octanol–water partition coefficient (Wildman–Crippen LogP) is 15.9. The van der Waals surface area contributed by atoms with Crippen LogP contribution in [0.2, 0.25) is 0 Å². The van der Waals surface area contributed by atoms with E-state index in [1.54, 1.807) is 0 Å². The number of ether oxygens (including phenoxy) is 3. The van der Waals surface area contributed by atoms with Gasteiger partial charge in [0.1, 0.15) is 13.2 Å². The molecule has 332 valence electrons. The number of esters is 3. The van der Waals surface area contributed by atoms with Crippen molar-refractivity contribution in [2.45, 2.75) is 284 Å². The third kappa shape index (κ3) is 43.5. The van der Waals surface area contributed by atoms with Gasteiger partial charge >= 0.3 is 17.9 Å². The van der Waals surface area contributed by atoms with Gasteiger partial charge in [-0.15, -0.1) is 0 Å². The summed E-state index contributed by atoms with van der Waals surface area (Å²) in [6, 6.07) is 0. The minimum absolute atomic E-state index is 0.0645. The summed E-state index contributed by atoms with van der Waals surface area (Å²) in [7, 11) is 0. The summed E-state index contributed by atoms with van der Waals surface area (Å²) < 4.78 is 16.7. The molecule has 0 bridgehead atoms. The first-order chi connectivity index (χ1) is 27.4. The molecule has 0 rings (SSSR count). The van der Waals surface area contributed by atoms with Crippen molar-refractivity contribution in [1.82, 2.24) is 0 Å². The molecular weight excluding hydrogens is 697 g/mol. The molecule has 0 radical (unpaired) electrons. The second kappa shape index (κ2) is 44.5. The van der Waals surface area contributed by atoms with Crippen molar-refractivity contribution in [3.8, 4) is 0 Å². The summed E-state index contributed by atoms with van der Waals surface area (Å²) in [5.74, 6) is -0.0130. The van der Waals surface area contributed by atoms with Crippen LogP contribution in [0.1, 0.15) is 278 Å². The van der Waals surface area contributed by atoms with E-state index in [4.69, 9.17) is 14.2 Å². The van der Waals surface area contributed by atoms with E-state index in [0.29, 0.717) is 19.3 Å². The summed E-state index contributed by atoms with van der Waals surface area (Å²) >= 11 is 0. The highest BCUT2D eigenvalue weighted by Crippen LogP contribution is 2.17. The fourth-order valence-corrected chi connectivity index (χ4v) is 7.51. The molecule has 0 aliphatic carbocycles. The molecule has 0 aromatic rings. The smallest absolute Gasteiger partial charge is 0.306 e. The van der Waals surface area contributed by atoms with Gasteiger partial charge in [-0.05, 0) is 25.2 Å². The van der Waals surface area contributed by atoms with E-state index in [0.717, 1.165) is 70.1 Å². The van der Waals surface area contributed by atoms with Crippen molar-refractivity contribution in [2.24, 2.45) is 5.92 Å². The summed E-state index contributed by atoms with van der Waals surface area (Å²) in [5.41, 5.74) is 0. The van der Waals surface area contributed by atoms with Crippen LogP contribution in [0.25, 0.3) is 0 Å². The van der Waals surface area contributed by atoms with Gasteiger partial charge in [-0.1, -0.05) is 240 Å². The lowest BCUT2D eigenvalue weighted by Gasteiger charge is -2.18. The summed E-state index contributed by atoms with van der Waals surface area (Å²) in [4.78, 5) is 37.6. The molecule has 0 amide bonds. The summed E-state index contributed by atoms with van der Waals surface area (Å²) in [6.07, 6.45) is 45.5. The van der Waals surface area contributed by atoms with Gasteiger partial charge in [0.15, 0.2) is 6.10 Å². The van der Waals surface area contributed by atoms with Crippen LogP contribution in [0.3, 0.4) is 0 Å². The Labute approximate surface area is 348 Å². The fraction of sp³-hybridized carbons (Fsp3) is 0.940. The molecule has 0 aromatic heterocycles. The van der Waals surface area contributed by atoms with Crippen LogP contribution in [-0.4, -0.2) is 37.2 Å². The number of unbranched alkanes of at least 4 members (excludes halogenated alkanes) is 32. The van der Waals surface area contributed by atoms with Crippen molar-refractivity contribution in [1.29, 1.82) is 0 Å². The normalized spacial score (nSPS) is 11.9. The Morgan fingerprint density at radius 1 is 0.339 bits per heavy atom. The van der Waals surface area contributed by atoms with Gasteiger partial charge in [-0.2, -0.15) is 0 Å². The molecule has 0 unspecified atom stereocenters. The third-order valence-corrected chi connectivity index (χ3v) is 11.3. The van der Waals surface area contributed by atoms with Gasteiger partial charge in [0.25, 0.3) is 0 Å². The van der Waals surface area contributed by atoms with Crippen molar-refractivity contribution in [3.05, 3.63) is 0 Å². The Balaban J connectivity index is 4.07. The van der Waals surface area contributed by atoms with Gasteiger partial charge in [-0.25, -0.2) is 0 Å². The number of carbonyl (C=O) groups is 3. The van der Waals surface area contributed by atoms with Crippen LogP contribution in [-0.2, 0) is 28.6 Å². The number of carbonyl (C=O) groups excluding carboxylic acids is 3. The van der Waals surface area contributed by atoms with E-state index in [-0.39, 0.29) is 31.1 Å². The highest BCUT2D eigenvalue weighted by Gasteiger charge is 2.19. The number of hydrogen-bond acceptors (Lipinski definition) is 6. The fourth-order valence-electron chi connectivity index (χ4n) is 7.51. The highest BCUT2D eigenvalue weighted by atomic mass is 16.6. The Morgan fingerprint density at radius 2 is 0.589 bits per heavy atom. The van der Waals surface area contributed by atoms with Crippen molar-refractivity contribution < 1.29 is 28.6 Å². The molecule has 0 saturated heterocycles. The molecule has 0 spiro atoms. The molecular formula is C50H96O6. The molecule has 6 heteroatoms. The standard InChI is InChI=1S/C50H96O6/c1-5-7-9-11-12-13-14-15-17-21-24-27-30-34-37-41-48(51)54-44-47(56-50(53)43-39-32-10-8-6-2)45-55-49(52)42-38-35-31-28-25-22-19-16-18-20-23-26-29-33-36-40-46(3)4/h46-47H,5-45H2,1-4H3/t47-/m0/s1. The first-order valence-corrected chi connectivity index (χ1v) is 24.9. The molecule has 0 aromatic carbocycles. The van der Waals surface area contributed by atoms with Crippen molar-refractivity contribution in [3.63, 3.8) is 0 Å². The zero-order valence-electron chi connectivity index (χ0n) is 38.1. The molecule has 0 aliphatic heterocycles. The Kier molecular flexibility index (Phi) is 43.2. The second-order valence-electron chi connectivity index (χ2n) is 17.6. The maximum absolute atomic E-state index is 12.6. The average molecular weight is 793 g/mol. The Morgan fingerprint density at radius 3 is 0.875 bits per heavy atom. The molecule has 0 N–H and O–H groups in total. The SMILES string of the molecule is CCCCCCCCCCCCCCCCCC(=O)OC[C@@H](COC(=O)CCCCCCCCCCCCCCCCCC(C)C)OC(=O)CCCCCCC. The summed E-state index contributed by atoms with van der Waals surface area (Å²) in [6.45, 7) is 8.95. The first-order valence-electron chi connectivity index (χ1n) is 24.9. The van der Waals surface area contributed by atoms with Crippen LogP contribution in [0.15, 0.2) is 0 Å². The molecule has 0 saturated carbocycles. The number of rotatable bonds is 45. The van der Waals surface area contributed by atoms with E-state index in [1.807, 2.05) is 0 Å². The molecule has 0 heterocycles.